The zero-order chi connectivity index (χ0) is 12.1. The van der Waals surface area contributed by atoms with Gasteiger partial charge in [-0.2, -0.15) is 0 Å². The van der Waals surface area contributed by atoms with Crippen LogP contribution in [0.5, 0.6) is 0 Å². The lowest BCUT2D eigenvalue weighted by molar-refractivity contribution is -0.116. The SMILES string of the molecule is COC(C)c1nnc(NC(=O)CN(C)C)s1. The van der Waals surface area contributed by atoms with Crippen LogP contribution in [0.4, 0.5) is 5.13 Å². The van der Waals surface area contributed by atoms with E-state index in [0.29, 0.717) is 11.7 Å². The van der Waals surface area contributed by atoms with Gasteiger partial charge in [-0.25, -0.2) is 0 Å². The molecule has 1 unspecified atom stereocenters. The van der Waals surface area contributed by atoms with Crippen molar-refractivity contribution in [1.82, 2.24) is 15.1 Å². The van der Waals surface area contributed by atoms with Crippen molar-refractivity contribution in [2.75, 3.05) is 33.1 Å². The molecule has 6 nitrogen and oxygen atoms in total. The first kappa shape index (κ1) is 13.0. The molecular weight excluding hydrogens is 228 g/mol. The highest BCUT2D eigenvalue weighted by atomic mass is 32.1. The quantitative estimate of drug-likeness (QED) is 0.827. The van der Waals surface area contributed by atoms with Crippen LogP contribution >= 0.6 is 11.3 Å². The van der Waals surface area contributed by atoms with E-state index in [2.05, 4.69) is 15.5 Å². The average molecular weight is 244 g/mol. The van der Waals surface area contributed by atoms with Crippen molar-refractivity contribution in [2.24, 2.45) is 0 Å². The molecule has 0 aliphatic rings. The van der Waals surface area contributed by atoms with Crippen LogP contribution in [-0.2, 0) is 9.53 Å². The Bertz CT molecular complexity index is 353. The largest absolute Gasteiger partial charge is 0.374 e. The van der Waals surface area contributed by atoms with Crippen LogP contribution in [0, 0.1) is 0 Å². The number of aromatic nitrogens is 2. The summed E-state index contributed by atoms with van der Waals surface area (Å²) in [5, 5.41) is 11.7. The first-order chi connectivity index (χ1) is 7.52. The van der Waals surface area contributed by atoms with Crippen LogP contribution < -0.4 is 5.32 Å². The summed E-state index contributed by atoms with van der Waals surface area (Å²) in [6.07, 6.45) is -0.1000. The fraction of sp³-hybridized carbons (Fsp3) is 0.667. The molecule has 1 aromatic rings. The fourth-order valence-electron chi connectivity index (χ4n) is 0.996. The summed E-state index contributed by atoms with van der Waals surface area (Å²) in [5.74, 6) is -0.0993. The smallest absolute Gasteiger partial charge is 0.240 e. The fourth-order valence-corrected chi connectivity index (χ4v) is 1.78. The minimum atomic E-state index is -0.1000. The van der Waals surface area contributed by atoms with E-state index in [0.717, 1.165) is 5.01 Å². The predicted molar refractivity (Wildman–Crippen MR) is 62.5 cm³/mol. The highest BCUT2D eigenvalue weighted by Gasteiger charge is 2.12. The highest BCUT2D eigenvalue weighted by Crippen LogP contribution is 2.23. The molecular formula is C9H16N4O2S. The molecule has 1 rings (SSSR count). The van der Waals surface area contributed by atoms with E-state index in [1.165, 1.54) is 11.3 Å². The predicted octanol–water partition coefficient (Wildman–Crippen LogP) is 0.746. The maximum atomic E-state index is 11.4. The Morgan fingerprint density at radius 3 is 2.81 bits per heavy atom. The van der Waals surface area contributed by atoms with E-state index in [1.54, 1.807) is 12.0 Å². The zero-order valence-electron chi connectivity index (χ0n) is 9.85. The standard InChI is InChI=1S/C9H16N4O2S/c1-6(15-4)8-11-12-9(16-8)10-7(14)5-13(2)3/h6H,5H2,1-4H3,(H,10,12,14). The van der Waals surface area contributed by atoms with Crippen LogP contribution in [0.3, 0.4) is 0 Å². The number of rotatable bonds is 5. The van der Waals surface area contributed by atoms with E-state index >= 15 is 0 Å². The molecule has 0 spiro atoms. The molecule has 0 saturated carbocycles. The van der Waals surface area contributed by atoms with Gasteiger partial charge in [0, 0.05) is 7.11 Å². The number of methoxy groups -OCH3 is 1. The number of ether oxygens (including phenoxy) is 1. The molecule has 1 amide bonds. The van der Waals surface area contributed by atoms with Crippen molar-refractivity contribution >= 4 is 22.4 Å². The molecule has 0 aromatic carbocycles. The normalized spacial score (nSPS) is 12.8. The molecule has 0 aliphatic carbocycles. The van der Waals surface area contributed by atoms with Crippen LogP contribution in [-0.4, -0.2) is 48.8 Å². The molecule has 90 valence electrons. The van der Waals surface area contributed by atoms with E-state index < -0.39 is 0 Å². The number of likely N-dealkylation sites (N-methyl/N-ethyl adjacent to an activating group) is 1. The van der Waals surface area contributed by atoms with Crippen molar-refractivity contribution in [3.05, 3.63) is 5.01 Å². The summed E-state index contributed by atoms with van der Waals surface area (Å²) in [7, 11) is 5.27. The van der Waals surface area contributed by atoms with Gasteiger partial charge in [0.2, 0.25) is 11.0 Å². The van der Waals surface area contributed by atoms with Crippen LogP contribution in [0.1, 0.15) is 18.0 Å². The molecule has 0 bridgehead atoms. The lowest BCUT2D eigenvalue weighted by Gasteiger charge is -2.07. The number of carbonyl (C=O) groups excluding carboxylic acids is 1. The molecule has 0 saturated heterocycles. The minimum absolute atomic E-state index is 0.0993. The Labute approximate surface area is 98.6 Å². The van der Waals surface area contributed by atoms with Crippen molar-refractivity contribution < 1.29 is 9.53 Å². The van der Waals surface area contributed by atoms with Crippen LogP contribution in [0.25, 0.3) is 0 Å². The molecule has 0 radical (unpaired) electrons. The second kappa shape index (κ2) is 5.88. The summed E-state index contributed by atoms with van der Waals surface area (Å²) in [5.41, 5.74) is 0. The number of amides is 1. The Morgan fingerprint density at radius 2 is 2.25 bits per heavy atom. The Balaban J connectivity index is 2.55. The van der Waals surface area contributed by atoms with Gasteiger partial charge in [0.15, 0.2) is 0 Å². The van der Waals surface area contributed by atoms with Gasteiger partial charge in [0.1, 0.15) is 11.1 Å². The van der Waals surface area contributed by atoms with Gasteiger partial charge < -0.3 is 9.64 Å². The van der Waals surface area contributed by atoms with E-state index in [9.17, 15) is 4.79 Å². The molecule has 1 N–H and O–H groups in total. The molecule has 1 aromatic heterocycles. The molecule has 1 atom stereocenters. The third-order valence-corrected chi connectivity index (χ3v) is 2.85. The van der Waals surface area contributed by atoms with Crippen LogP contribution in [0.2, 0.25) is 0 Å². The van der Waals surface area contributed by atoms with Gasteiger partial charge in [-0.3, -0.25) is 10.1 Å². The van der Waals surface area contributed by atoms with Gasteiger partial charge in [-0.05, 0) is 21.0 Å². The monoisotopic (exact) mass is 244 g/mol. The average Bonchev–Trinajstić information content (AvgIpc) is 2.63. The lowest BCUT2D eigenvalue weighted by Crippen LogP contribution is -2.26. The van der Waals surface area contributed by atoms with Crippen molar-refractivity contribution in [3.8, 4) is 0 Å². The second-order valence-corrected chi connectivity index (χ2v) is 4.62. The van der Waals surface area contributed by atoms with E-state index in [4.69, 9.17) is 4.74 Å². The molecule has 0 fully saturated rings. The number of nitrogens with one attached hydrogen (secondary N) is 1. The third kappa shape index (κ3) is 3.84. The number of anilines is 1. The van der Waals surface area contributed by atoms with Gasteiger partial charge in [0.25, 0.3) is 0 Å². The minimum Gasteiger partial charge on any atom is -0.374 e. The Kier molecular flexibility index (Phi) is 4.78. The van der Waals surface area contributed by atoms with Gasteiger partial charge in [-0.1, -0.05) is 11.3 Å². The third-order valence-electron chi connectivity index (χ3n) is 1.85. The highest BCUT2D eigenvalue weighted by molar-refractivity contribution is 7.15. The number of hydrogen-bond acceptors (Lipinski definition) is 6. The number of carbonyl (C=O) groups is 1. The maximum absolute atomic E-state index is 11.4. The summed E-state index contributed by atoms with van der Waals surface area (Å²) >= 11 is 1.32. The van der Waals surface area contributed by atoms with E-state index in [-0.39, 0.29) is 12.0 Å². The van der Waals surface area contributed by atoms with E-state index in [1.807, 2.05) is 21.0 Å². The summed E-state index contributed by atoms with van der Waals surface area (Å²) < 4.78 is 5.11. The summed E-state index contributed by atoms with van der Waals surface area (Å²) in [6.45, 7) is 2.21. The first-order valence-electron chi connectivity index (χ1n) is 4.83. The first-order valence-corrected chi connectivity index (χ1v) is 5.65. The van der Waals surface area contributed by atoms with Gasteiger partial charge in [-0.15, -0.1) is 10.2 Å². The summed E-state index contributed by atoms with van der Waals surface area (Å²) in [6, 6.07) is 0. The number of nitrogens with zero attached hydrogens (tertiary/aromatic N) is 3. The Hall–Kier alpha value is -1.05. The van der Waals surface area contributed by atoms with Gasteiger partial charge >= 0.3 is 0 Å². The Morgan fingerprint density at radius 1 is 1.56 bits per heavy atom. The number of hydrogen-bond donors (Lipinski definition) is 1. The van der Waals surface area contributed by atoms with Crippen molar-refractivity contribution in [2.45, 2.75) is 13.0 Å². The second-order valence-electron chi connectivity index (χ2n) is 3.61. The van der Waals surface area contributed by atoms with Gasteiger partial charge in [0.05, 0.1) is 6.54 Å². The van der Waals surface area contributed by atoms with Crippen molar-refractivity contribution in [3.63, 3.8) is 0 Å². The molecule has 16 heavy (non-hydrogen) atoms. The van der Waals surface area contributed by atoms with Crippen molar-refractivity contribution in [1.29, 1.82) is 0 Å². The molecule has 7 heteroatoms. The van der Waals surface area contributed by atoms with Crippen LogP contribution in [0.15, 0.2) is 0 Å². The summed E-state index contributed by atoms with van der Waals surface area (Å²) in [4.78, 5) is 13.2. The molecule has 1 heterocycles. The molecule has 0 aliphatic heterocycles. The lowest BCUT2D eigenvalue weighted by atomic mass is 10.4. The maximum Gasteiger partial charge on any atom is 0.240 e. The topological polar surface area (TPSA) is 67.4 Å². The zero-order valence-corrected chi connectivity index (χ0v) is 10.7.